The van der Waals surface area contributed by atoms with Gasteiger partial charge in [0.25, 0.3) is 0 Å². The van der Waals surface area contributed by atoms with Crippen LogP contribution in [0.3, 0.4) is 0 Å². The summed E-state index contributed by atoms with van der Waals surface area (Å²) in [5.74, 6) is 0.867. The first kappa shape index (κ1) is 10.1. The number of aliphatic hydroxyl groups excluding tert-OH is 1. The van der Waals surface area contributed by atoms with Crippen LogP contribution in [0, 0.1) is 0 Å². The third-order valence-electron chi connectivity index (χ3n) is 2.02. The third-order valence-corrected chi connectivity index (χ3v) is 2.02. The summed E-state index contributed by atoms with van der Waals surface area (Å²) in [5, 5.41) is 8.82. The molecule has 13 heavy (non-hydrogen) atoms. The minimum atomic E-state index is 0.0869. The molecule has 0 radical (unpaired) electrons. The lowest BCUT2D eigenvalue weighted by molar-refractivity contribution is 0.217. The van der Waals surface area contributed by atoms with Gasteiger partial charge in [-0.3, -0.25) is 0 Å². The fourth-order valence-electron chi connectivity index (χ4n) is 0.989. The molecule has 72 valence electrons. The molecule has 1 atom stereocenters. The average Bonchev–Trinajstić information content (AvgIpc) is 2.19. The molecule has 0 heterocycles. The summed E-state index contributed by atoms with van der Waals surface area (Å²) in [4.78, 5) is 0. The Morgan fingerprint density at radius 2 is 1.92 bits per heavy atom. The van der Waals surface area contributed by atoms with Crippen LogP contribution in [0.25, 0.3) is 0 Å². The molecule has 2 nitrogen and oxygen atoms in total. The van der Waals surface area contributed by atoms with Crippen LogP contribution in [0.2, 0.25) is 0 Å². The van der Waals surface area contributed by atoms with E-state index in [1.807, 2.05) is 31.2 Å². The minimum absolute atomic E-state index is 0.0869. The molecule has 0 aromatic heterocycles. The van der Waals surface area contributed by atoms with Crippen LogP contribution in [-0.2, 0) is 6.61 Å². The number of rotatable bonds is 4. The average molecular weight is 180 g/mol. The number of ether oxygens (including phenoxy) is 1. The fraction of sp³-hybridized carbons (Fsp3) is 0.455. The van der Waals surface area contributed by atoms with E-state index in [0.29, 0.717) is 0 Å². The first-order valence-electron chi connectivity index (χ1n) is 4.62. The minimum Gasteiger partial charge on any atom is -0.491 e. The number of hydrogen-bond acceptors (Lipinski definition) is 2. The van der Waals surface area contributed by atoms with Crippen LogP contribution in [-0.4, -0.2) is 11.2 Å². The van der Waals surface area contributed by atoms with E-state index in [1.54, 1.807) is 0 Å². The molecule has 0 fully saturated rings. The van der Waals surface area contributed by atoms with Crippen molar-refractivity contribution in [3.8, 4) is 5.75 Å². The van der Waals surface area contributed by atoms with Gasteiger partial charge in [-0.05, 0) is 31.0 Å². The van der Waals surface area contributed by atoms with Gasteiger partial charge in [0.05, 0.1) is 12.7 Å². The molecule has 0 amide bonds. The van der Waals surface area contributed by atoms with Gasteiger partial charge >= 0.3 is 0 Å². The molecule has 1 aromatic carbocycles. The van der Waals surface area contributed by atoms with E-state index in [2.05, 4.69) is 6.92 Å². The zero-order chi connectivity index (χ0) is 9.68. The summed E-state index contributed by atoms with van der Waals surface area (Å²) in [6.45, 7) is 4.22. The second-order valence-electron chi connectivity index (χ2n) is 3.14. The molecule has 0 aliphatic rings. The van der Waals surface area contributed by atoms with Crippen molar-refractivity contribution in [1.29, 1.82) is 0 Å². The molecule has 0 saturated heterocycles. The molecule has 2 heteroatoms. The Morgan fingerprint density at radius 1 is 1.31 bits per heavy atom. The van der Waals surface area contributed by atoms with E-state index in [1.165, 1.54) is 0 Å². The highest BCUT2D eigenvalue weighted by Crippen LogP contribution is 2.14. The van der Waals surface area contributed by atoms with Crippen molar-refractivity contribution in [2.24, 2.45) is 0 Å². The van der Waals surface area contributed by atoms with E-state index >= 15 is 0 Å². The smallest absolute Gasteiger partial charge is 0.119 e. The van der Waals surface area contributed by atoms with Crippen molar-refractivity contribution in [3.05, 3.63) is 29.8 Å². The highest BCUT2D eigenvalue weighted by atomic mass is 16.5. The lowest BCUT2D eigenvalue weighted by Gasteiger charge is -2.12. The molecule has 0 saturated carbocycles. The van der Waals surface area contributed by atoms with Gasteiger partial charge in [-0.15, -0.1) is 0 Å². The van der Waals surface area contributed by atoms with Gasteiger partial charge in [0.2, 0.25) is 0 Å². The maximum Gasteiger partial charge on any atom is 0.119 e. The zero-order valence-corrected chi connectivity index (χ0v) is 8.16. The predicted octanol–water partition coefficient (Wildman–Crippen LogP) is 2.36. The van der Waals surface area contributed by atoms with E-state index < -0.39 is 0 Å². The Balaban J connectivity index is 2.58. The molecule has 1 N–H and O–H groups in total. The molecule has 0 bridgehead atoms. The first-order valence-corrected chi connectivity index (χ1v) is 4.62. The zero-order valence-electron chi connectivity index (χ0n) is 8.16. The van der Waals surface area contributed by atoms with Crippen molar-refractivity contribution >= 4 is 0 Å². The predicted molar refractivity (Wildman–Crippen MR) is 52.7 cm³/mol. The van der Waals surface area contributed by atoms with E-state index in [-0.39, 0.29) is 12.7 Å². The van der Waals surface area contributed by atoms with Crippen LogP contribution < -0.4 is 4.74 Å². The molecule has 1 aromatic rings. The van der Waals surface area contributed by atoms with Gasteiger partial charge in [0.15, 0.2) is 0 Å². The highest BCUT2D eigenvalue weighted by molar-refractivity contribution is 5.26. The lowest BCUT2D eigenvalue weighted by Crippen LogP contribution is -2.09. The monoisotopic (exact) mass is 180 g/mol. The fourth-order valence-corrected chi connectivity index (χ4v) is 0.989. The Hall–Kier alpha value is -1.02. The Bertz CT molecular complexity index is 241. The van der Waals surface area contributed by atoms with E-state index in [4.69, 9.17) is 9.84 Å². The van der Waals surface area contributed by atoms with Crippen molar-refractivity contribution in [1.82, 2.24) is 0 Å². The van der Waals surface area contributed by atoms with Crippen molar-refractivity contribution in [2.45, 2.75) is 33.0 Å². The van der Waals surface area contributed by atoms with Gasteiger partial charge in [0, 0.05) is 0 Å². The summed E-state index contributed by atoms with van der Waals surface area (Å²) in [5.41, 5.74) is 0.913. The highest BCUT2D eigenvalue weighted by Gasteiger charge is 1.99. The molecular formula is C11H16O2. The van der Waals surface area contributed by atoms with Crippen molar-refractivity contribution in [3.63, 3.8) is 0 Å². The van der Waals surface area contributed by atoms with Crippen LogP contribution in [0.4, 0.5) is 0 Å². The van der Waals surface area contributed by atoms with Crippen molar-refractivity contribution < 1.29 is 9.84 Å². The summed E-state index contributed by atoms with van der Waals surface area (Å²) in [7, 11) is 0. The van der Waals surface area contributed by atoms with Crippen LogP contribution >= 0.6 is 0 Å². The maximum atomic E-state index is 8.82. The summed E-state index contributed by atoms with van der Waals surface area (Å²) in [6.07, 6.45) is 1.25. The number of aliphatic hydroxyl groups is 1. The van der Waals surface area contributed by atoms with Gasteiger partial charge in [-0.2, -0.15) is 0 Å². The Kier molecular flexibility index (Phi) is 3.77. The third kappa shape index (κ3) is 3.07. The van der Waals surface area contributed by atoms with E-state index in [0.717, 1.165) is 17.7 Å². The second kappa shape index (κ2) is 4.87. The summed E-state index contributed by atoms with van der Waals surface area (Å²) < 4.78 is 5.58. The molecule has 0 spiro atoms. The molecule has 1 rings (SSSR count). The van der Waals surface area contributed by atoms with Gasteiger partial charge in [-0.25, -0.2) is 0 Å². The topological polar surface area (TPSA) is 29.5 Å². The van der Waals surface area contributed by atoms with Crippen LogP contribution in [0.15, 0.2) is 24.3 Å². The van der Waals surface area contributed by atoms with Crippen molar-refractivity contribution in [2.75, 3.05) is 0 Å². The maximum absolute atomic E-state index is 8.82. The second-order valence-corrected chi connectivity index (χ2v) is 3.14. The number of hydrogen-bond donors (Lipinski definition) is 1. The summed E-state index contributed by atoms with van der Waals surface area (Å²) in [6, 6.07) is 7.52. The summed E-state index contributed by atoms with van der Waals surface area (Å²) >= 11 is 0. The Morgan fingerprint density at radius 3 is 2.38 bits per heavy atom. The normalized spacial score (nSPS) is 12.5. The number of benzene rings is 1. The standard InChI is InChI=1S/C11H16O2/c1-3-9(2)13-11-6-4-10(8-12)5-7-11/h4-7,9,12H,3,8H2,1-2H3/t9-/m0/s1. The Labute approximate surface area is 79.2 Å². The van der Waals surface area contributed by atoms with Crippen LogP contribution in [0.1, 0.15) is 25.8 Å². The molecule has 0 aliphatic carbocycles. The first-order chi connectivity index (χ1) is 6.26. The quantitative estimate of drug-likeness (QED) is 0.770. The molecule has 0 unspecified atom stereocenters. The van der Waals surface area contributed by atoms with Gasteiger partial charge in [-0.1, -0.05) is 19.1 Å². The van der Waals surface area contributed by atoms with Crippen LogP contribution in [0.5, 0.6) is 5.75 Å². The lowest BCUT2D eigenvalue weighted by atomic mass is 10.2. The molecular weight excluding hydrogens is 164 g/mol. The largest absolute Gasteiger partial charge is 0.491 e. The van der Waals surface area contributed by atoms with E-state index in [9.17, 15) is 0 Å². The van der Waals surface area contributed by atoms with Gasteiger partial charge < -0.3 is 9.84 Å². The SMILES string of the molecule is CC[C@H](C)Oc1ccc(CO)cc1. The van der Waals surface area contributed by atoms with Gasteiger partial charge in [0.1, 0.15) is 5.75 Å². The molecule has 0 aliphatic heterocycles.